The maximum absolute atomic E-state index is 13.3. The maximum atomic E-state index is 13.3. The third-order valence-electron chi connectivity index (χ3n) is 6.10. The Kier molecular flexibility index (Phi) is 7.87. The Hall–Kier alpha value is -2.26. The highest BCUT2D eigenvalue weighted by atomic mass is 35.5. The van der Waals surface area contributed by atoms with E-state index in [9.17, 15) is 26.4 Å². The van der Waals surface area contributed by atoms with Gasteiger partial charge >= 0.3 is 6.18 Å². The van der Waals surface area contributed by atoms with Crippen molar-refractivity contribution in [2.45, 2.75) is 64.2 Å². The monoisotopic (exact) mass is 516 g/mol. The van der Waals surface area contributed by atoms with Crippen LogP contribution >= 0.6 is 11.6 Å². The van der Waals surface area contributed by atoms with Gasteiger partial charge in [-0.2, -0.15) is 13.2 Å². The van der Waals surface area contributed by atoms with Crippen molar-refractivity contribution >= 4 is 33.2 Å². The lowest BCUT2D eigenvalue weighted by Gasteiger charge is -2.30. The van der Waals surface area contributed by atoms with Crippen molar-refractivity contribution in [3.05, 3.63) is 63.7 Å². The molecule has 1 amide bonds. The minimum absolute atomic E-state index is 0.288. The fraction of sp³-hybridized carbons (Fsp3) is 0.458. The zero-order valence-corrected chi connectivity index (χ0v) is 20.8. The Bertz CT molecular complexity index is 1170. The number of alkyl halides is 3. The van der Waals surface area contributed by atoms with Gasteiger partial charge in [0.25, 0.3) is 0 Å². The molecule has 2 aromatic rings. The first-order valence-corrected chi connectivity index (χ1v) is 13.3. The molecule has 5 nitrogen and oxygen atoms in total. The molecule has 0 aliphatic heterocycles. The number of amides is 1. The van der Waals surface area contributed by atoms with Gasteiger partial charge in [-0.15, -0.1) is 0 Å². The lowest BCUT2D eigenvalue weighted by Crippen LogP contribution is -2.48. The van der Waals surface area contributed by atoms with Gasteiger partial charge in [-0.3, -0.25) is 9.10 Å². The molecule has 0 saturated carbocycles. The van der Waals surface area contributed by atoms with E-state index >= 15 is 0 Å². The minimum atomic E-state index is -4.78. The van der Waals surface area contributed by atoms with E-state index in [2.05, 4.69) is 17.4 Å². The summed E-state index contributed by atoms with van der Waals surface area (Å²) in [5.74, 6) is -0.612. The zero-order valence-electron chi connectivity index (χ0n) is 19.2. The molecule has 10 heteroatoms. The van der Waals surface area contributed by atoms with E-state index in [1.54, 1.807) is 0 Å². The van der Waals surface area contributed by atoms with Crippen molar-refractivity contribution in [2.75, 3.05) is 10.6 Å². The van der Waals surface area contributed by atoms with Crippen LogP contribution in [0.1, 0.15) is 61.4 Å². The van der Waals surface area contributed by atoms with Gasteiger partial charge in [0.15, 0.2) is 0 Å². The average Bonchev–Trinajstić information content (AvgIpc) is 2.76. The fourth-order valence-corrected chi connectivity index (χ4v) is 5.75. The summed E-state index contributed by atoms with van der Waals surface area (Å²) in [4.78, 5) is 13.1. The molecule has 0 aromatic heterocycles. The third-order valence-corrected chi connectivity index (χ3v) is 7.67. The normalized spacial score (nSPS) is 15.9. The smallest absolute Gasteiger partial charge is 0.347 e. The summed E-state index contributed by atoms with van der Waals surface area (Å²) in [5, 5.41) is 2.32. The Morgan fingerprint density at radius 1 is 1.12 bits per heavy atom. The van der Waals surface area contributed by atoms with E-state index in [4.69, 9.17) is 11.6 Å². The number of carbonyl (C=O) groups is 1. The summed E-state index contributed by atoms with van der Waals surface area (Å²) in [5.41, 5.74) is 2.01. The lowest BCUT2D eigenvalue weighted by molar-refractivity contribution is -0.137. The van der Waals surface area contributed by atoms with Gasteiger partial charge in [-0.05, 0) is 73.9 Å². The topological polar surface area (TPSA) is 66.5 Å². The van der Waals surface area contributed by atoms with Gasteiger partial charge in [-0.25, -0.2) is 8.42 Å². The van der Waals surface area contributed by atoms with Crippen LogP contribution in [0.5, 0.6) is 0 Å². The SMILES string of the molecule is CC[C@@H](NC(=O)[C@@H](C)N(c1ccc(Cl)c(C(F)(F)F)c1)S(C)(=O)=O)c1ccc2c(c1)CCCC2. The van der Waals surface area contributed by atoms with Crippen LogP contribution in [0.4, 0.5) is 18.9 Å². The molecule has 0 heterocycles. The van der Waals surface area contributed by atoms with Crippen molar-refractivity contribution in [1.29, 1.82) is 0 Å². The molecule has 186 valence electrons. The van der Waals surface area contributed by atoms with Crippen molar-refractivity contribution in [2.24, 2.45) is 0 Å². The molecule has 1 N–H and O–H groups in total. The van der Waals surface area contributed by atoms with Crippen LogP contribution < -0.4 is 9.62 Å². The Balaban J connectivity index is 1.89. The molecule has 0 unspecified atom stereocenters. The lowest BCUT2D eigenvalue weighted by atomic mass is 9.88. The molecule has 0 fully saturated rings. The van der Waals surface area contributed by atoms with Gasteiger partial charge in [0.1, 0.15) is 6.04 Å². The van der Waals surface area contributed by atoms with Gasteiger partial charge in [0, 0.05) is 0 Å². The first kappa shape index (κ1) is 26.3. The second-order valence-electron chi connectivity index (χ2n) is 8.60. The van der Waals surface area contributed by atoms with Crippen molar-refractivity contribution < 1.29 is 26.4 Å². The third kappa shape index (κ3) is 5.86. The first-order chi connectivity index (χ1) is 15.8. The number of hydrogen-bond acceptors (Lipinski definition) is 3. The molecule has 2 aromatic carbocycles. The summed E-state index contributed by atoms with van der Waals surface area (Å²) < 4.78 is 65.8. The van der Waals surface area contributed by atoms with E-state index in [0.717, 1.165) is 49.6 Å². The Labute approximate surface area is 203 Å². The van der Waals surface area contributed by atoms with Gasteiger partial charge in [0.2, 0.25) is 15.9 Å². The van der Waals surface area contributed by atoms with E-state index in [-0.39, 0.29) is 11.7 Å². The predicted molar refractivity (Wildman–Crippen MR) is 127 cm³/mol. The van der Waals surface area contributed by atoms with E-state index in [0.29, 0.717) is 16.8 Å². The molecule has 0 radical (unpaired) electrons. The highest BCUT2D eigenvalue weighted by Crippen LogP contribution is 2.38. The van der Waals surface area contributed by atoms with Crippen LogP contribution in [0.3, 0.4) is 0 Å². The number of sulfonamides is 1. The number of rotatable bonds is 7. The second-order valence-corrected chi connectivity index (χ2v) is 10.9. The second kappa shape index (κ2) is 10.2. The molecule has 0 saturated heterocycles. The number of nitrogens with one attached hydrogen (secondary N) is 1. The van der Waals surface area contributed by atoms with Crippen molar-refractivity contribution in [3.63, 3.8) is 0 Å². The largest absolute Gasteiger partial charge is 0.417 e. The molecule has 1 aliphatic carbocycles. The fourth-order valence-electron chi connectivity index (χ4n) is 4.36. The molecular weight excluding hydrogens is 489 g/mol. The van der Waals surface area contributed by atoms with Gasteiger partial charge in [-0.1, -0.05) is 36.7 Å². The molecule has 0 bridgehead atoms. The molecule has 0 spiro atoms. The van der Waals surface area contributed by atoms with Crippen LogP contribution in [0.15, 0.2) is 36.4 Å². The number of fused-ring (bicyclic) bond motifs is 1. The van der Waals surface area contributed by atoms with E-state index in [1.165, 1.54) is 18.1 Å². The number of hydrogen-bond donors (Lipinski definition) is 1. The van der Waals surface area contributed by atoms with Crippen LogP contribution in [-0.2, 0) is 33.8 Å². The van der Waals surface area contributed by atoms with Crippen LogP contribution in [0.25, 0.3) is 0 Å². The standard InChI is InChI=1S/C24H28ClF3N2O3S/c1-4-22(18-10-9-16-7-5-6-8-17(16)13-18)29-23(31)15(2)30(34(3,32)33)19-11-12-21(25)20(14-19)24(26,27)28/h9-15,22H,4-8H2,1-3H3,(H,29,31)/t15-,22-/m1/s1. The van der Waals surface area contributed by atoms with Crippen LogP contribution in [-0.4, -0.2) is 26.6 Å². The summed E-state index contributed by atoms with van der Waals surface area (Å²) in [7, 11) is -4.09. The number of halogens is 4. The molecular formula is C24H28ClF3N2O3S. The summed E-state index contributed by atoms with van der Waals surface area (Å²) in [6.07, 6.45) is 0.904. The number of carbonyl (C=O) groups excluding carboxylic acids is 1. The summed E-state index contributed by atoms with van der Waals surface area (Å²) in [6.45, 7) is 3.25. The van der Waals surface area contributed by atoms with Crippen molar-refractivity contribution in [3.8, 4) is 0 Å². The zero-order chi connectivity index (χ0) is 25.3. The molecule has 34 heavy (non-hydrogen) atoms. The predicted octanol–water partition coefficient (Wildman–Crippen LogP) is 5.66. The Morgan fingerprint density at radius 2 is 1.76 bits per heavy atom. The van der Waals surface area contributed by atoms with Crippen molar-refractivity contribution in [1.82, 2.24) is 5.32 Å². The Morgan fingerprint density at radius 3 is 2.35 bits per heavy atom. The molecule has 1 aliphatic rings. The first-order valence-electron chi connectivity index (χ1n) is 11.1. The number of benzene rings is 2. The summed E-state index contributed by atoms with van der Waals surface area (Å²) in [6, 6.07) is 7.24. The number of anilines is 1. The summed E-state index contributed by atoms with van der Waals surface area (Å²) >= 11 is 5.68. The molecule has 3 rings (SSSR count). The van der Waals surface area contributed by atoms with Crippen LogP contribution in [0, 0.1) is 0 Å². The highest BCUT2D eigenvalue weighted by Gasteiger charge is 2.36. The molecule has 2 atom stereocenters. The van der Waals surface area contributed by atoms with Crippen LogP contribution in [0.2, 0.25) is 5.02 Å². The highest BCUT2D eigenvalue weighted by molar-refractivity contribution is 7.92. The van der Waals surface area contributed by atoms with Gasteiger partial charge < -0.3 is 5.32 Å². The van der Waals surface area contributed by atoms with E-state index in [1.807, 2.05) is 13.0 Å². The minimum Gasteiger partial charge on any atom is -0.347 e. The van der Waals surface area contributed by atoms with E-state index < -0.39 is 38.7 Å². The van der Waals surface area contributed by atoms with Gasteiger partial charge in [0.05, 0.1) is 28.6 Å². The maximum Gasteiger partial charge on any atom is 0.417 e. The number of nitrogens with zero attached hydrogens (tertiary/aromatic N) is 1. The average molecular weight is 517 g/mol. The number of aryl methyl sites for hydroxylation is 2. The quantitative estimate of drug-likeness (QED) is 0.516.